The molecule has 1 aliphatic rings. The smallest absolute Gasteiger partial charge is 0.134 e. The molecule has 0 aliphatic heterocycles. The Morgan fingerprint density at radius 1 is 1.11 bits per heavy atom. The number of nitrogens with zero attached hydrogens (tertiary/aromatic N) is 2. The number of nitrogens with one attached hydrogen (secondary N) is 1. The molecule has 0 unspecified atom stereocenters. The van der Waals surface area contributed by atoms with Gasteiger partial charge in [0.05, 0.1) is 0 Å². The van der Waals surface area contributed by atoms with Gasteiger partial charge < -0.3 is 5.32 Å². The Kier molecular flexibility index (Phi) is 3.22. The maximum atomic E-state index is 4.72. The van der Waals surface area contributed by atoms with E-state index >= 15 is 0 Å². The predicted octanol–water partition coefficient (Wildman–Crippen LogP) is 3.03. The zero-order valence-corrected chi connectivity index (χ0v) is 12.5. The van der Waals surface area contributed by atoms with Crippen LogP contribution in [0.25, 0.3) is 0 Å². The Balaban J connectivity index is 2.22. The standard InChI is InChI=1S/C15H25N3/c1-10-12(9-16-14(3,4)5)11(2)18-13(17-10)15(6)7-8-15/h16H,7-9H2,1-6H3. The molecular weight excluding hydrogens is 222 g/mol. The zero-order chi connectivity index (χ0) is 13.6. The van der Waals surface area contributed by atoms with E-state index in [9.17, 15) is 0 Å². The first-order valence-electron chi connectivity index (χ1n) is 6.81. The van der Waals surface area contributed by atoms with Gasteiger partial charge in [-0.05, 0) is 47.5 Å². The minimum absolute atomic E-state index is 0.125. The lowest BCUT2D eigenvalue weighted by molar-refractivity contribution is 0.422. The molecule has 1 N–H and O–H groups in total. The van der Waals surface area contributed by atoms with Crippen molar-refractivity contribution in [2.75, 3.05) is 0 Å². The molecule has 1 fully saturated rings. The third-order valence-electron chi connectivity index (χ3n) is 3.76. The predicted molar refractivity (Wildman–Crippen MR) is 74.7 cm³/mol. The Morgan fingerprint density at radius 3 is 2.00 bits per heavy atom. The second kappa shape index (κ2) is 4.30. The molecule has 1 aromatic heterocycles. The molecule has 0 bridgehead atoms. The summed E-state index contributed by atoms with van der Waals surface area (Å²) in [6.45, 7) is 13.8. The molecule has 0 spiro atoms. The normalized spacial score (nSPS) is 17.9. The Morgan fingerprint density at radius 2 is 1.61 bits per heavy atom. The molecule has 1 saturated carbocycles. The van der Waals surface area contributed by atoms with E-state index in [2.05, 4.69) is 46.9 Å². The first-order chi connectivity index (χ1) is 8.21. The summed E-state index contributed by atoms with van der Waals surface area (Å²) in [5.41, 5.74) is 3.88. The van der Waals surface area contributed by atoms with Crippen molar-refractivity contribution in [3.05, 3.63) is 22.8 Å². The van der Waals surface area contributed by atoms with Crippen LogP contribution in [0.2, 0.25) is 0 Å². The van der Waals surface area contributed by atoms with Gasteiger partial charge in [0, 0.05) is 34.4 Å². The van der Waals surface area contributed by atoms with E-state index in [1.807, 2.05) is 0 Å². The third kappa shape index (κ3) is 2.89. The molecule has 1 heterocycles. The summed E-state index contributed by atoms with van der Waals surface area (Å²) < 4.78 is 0. The number of hydrogen-bond acceptors (Lipinski definition) is 3. The lowest BCUT2D eigenvalue weighted by Crippen LogP contribution is -2.35. The lowest BCUT2D eigenvalue weighted by atomic mass is 10.1. The summed E-state index contributed by atoms with van der Waals surface area (Å²) >= 11 is 0. The van der Waals surface area contributed by atoms with Crippen molar-refractivity contribution in [2.24, 2.45) is 0 Å². The van der Waals surface area contributed by atoms with Crippen molar-refractivity contribution >= 4 is 0 Å². The van der Waals surface area contributed by atoms with E-state index in [0.29, 0.717) is 0 Å². The molecule has 3 nitrogen and oxygen atoms in total. The molecule has 0 saturated heterocycles. The molecular formula is C15H25N3. The largest absolute Gasteiger partial charge is 0.308 e. The molecule has 0 amide bonds. The quantitative estimate of drug-likeness (QED) is 0.892. The van der Waals surface area contributed by atoms with Crippen molar-refractivity contribution in [1.29, 1.82) is 0 Å². The van der Waals surface area contributed by atoms with Crippen LogP contribution in [-0.2, 0) is 12.0 Å². The van der Waals surface area contributed by atoms with Gasteiger partial charge >= 0.3 is 0 Å². The van der Waals surface area contributed by atoms with Crippen LogP contribution < -0.4 is 5.32 Å². The highest BCUT2D eigenvalue weighted by Gasteiger charge is 2.42. The fraction of sp³-hybridized carbons (Fsp3) is 0.733. The van der Waals surface area contributed by atoms with Crippen LogP contribution in [0.15, 0.2) is 0 Å². The second-order valence-electron chi connectivity index (χ2n) is 6.86. The van der Waals surface area contributed by atoms with E-state index in [-0.39, 0.29) is 11.0 Å². The monoisotopic (exact) mass is 247 g/mol. The van der Waals surface area contributed by atoms with Gasteiger partial charge in [-0.2, -0.15) is 0 Å². The molecule has 3 heteroatoms. The molecule has 1 aliphatic carbocycles. The van der Waals surface area contributed by atoms with Gasteiger partial charge in [0.2, 0.25) is 0 Å². The van der Waals surface area contributed by atoms with E-state index in [1.54, 1.807) is 0 Å². The first kappa shape index (κ1) is 13.5. The average molecular weight is 247 g/mol. The van der Waals surface area contributed by atoms with E-state index in [1.165, 1.54) is 18.4 Å². The second-order valence-corrected chi connectivity index (χ2v) is 6.86. The molecule has 100 valence electrons. The Hall–Kier alpha value is -0.960. The summed E-state index contributed by atoms with van der Waals surface area (Å²) in [6.07, 6.45) is 2.46. The van der Waals surface area contributed by atoms with Crippen LogP contribution >= 0.6 is 0 Å². The van der Waals surface area contributed by atoms with Gasteiger partial charge in [-0.3, -0.25) is 0 Å². The SMILES string of the molecule is Cc1nc(C2(C)CC2)nc(C)c1CNC(C)(C)C. The van der Waals surface area contributed by atoms with E-state index in [4.69, 9.17) is 9.97 Å². The van der Waals surface area contributed by atoms with Crippen LogP contribution in [0.3, 0.4) is 0 Å². The fourth-order valence-corrected chi connectivity index (χ4v) is 2.03. The van der Waals surface area contributed by atoms with Crippen LogP contribution in [0, 0.1) is 13.8 Å². The fourth-order valence-electron chi connectivity index (χ4n) is 2.03. The Bertz CT molecular complexity index is 430. The van der Waals surface area contributed by atoms with Crippen molar-refractivity contribution in [3.63, 3.8) is 0 Å². The number of rotatable bonds is 3. The number of aryl methyl sites for hydroxylation is 2. The van der Waals surface area contributed by atoms with Gasteiger partial charge in [0.1, 0.15) is 5.82 Å². The third-order valence-corrected chi connectivity index (χ3v) is 3.76. The van der Waals surface area contributed by atoms with Crippen LogP contribution in [0.1, 0.15) is 63.3 Å². The Labute approximate surface area is 110 Å². The van der Waals surface area contributed by atoms with Gasteiger partial charge in [-0.15, -0.1) is 0 Å². The summed E-state index contributed by atoms with van der Waals surface area (Å²) in [7, 11) is 0. The summed E-state index contributed by atoms with van der Waals surface area (Å²) in [6, 6.07) is 0. The van der Waals surface area contributed by atoms with Gasteiger partial charge in [-0.25, -0.2) is 9.97 Å². The maximum Gasteiger partial charge on any atom is 0.134 e. The highest BCUT2D eigenvalue weighted by Crippen LogP contribution is 2.46. The highest BCUT2D eigenvalue weighted by molar-refractivity contribution is 5.28. The lowest BCUT2D eigenvalue weighted by Gasteiger charge is -2.22. The minimum atomic E-state index is 0.125. The first-order valence-corrected chi connectivity index (χ1v) is 6.81. The number of aromatic nitrogens is 2. The van der Waals surface area contributed by atoms with E-state index < -0.39 is 0 Å². The molecule has 1 aromatic rings. The molecule has 0 atom stereocenters. The molecule has 18 heavy (non-hydrogen) atoms. The maximum absolute atomic E-state index is 4.72. The van der Waals surface area contributed by atoms with Crippen molar-refractivity contribution in [1.82, 2.24) is 15.3 Å². The summed E-state index contributed by atoms with van der Waals surface area (Å²) in [5.74, 6) is 1.04. The van der Waals surface area contributed by atoms with Crippen LogP contribution in [0.5, 0.6) is 0 Å². The highest BCUT2D eigenvalue weighted by atomic mass is 15.0. The van der Waals surface area contributed by atoms with E-state index in [0.717, 1.165) is 23.8 Å². The molecule has 0 radical (unpaired) electrons. The summed E-state index contributed by atoms with van der Waals surface area (Å²) in [5, 5.41) is 3.51. The topological polar surface area (TPSA) is 37.8 Å². The van der Waals surface area contributed by atoms with Crippen molar-refractivity contribution < 1.29 is 0 Å². The van der Waals surface area contributed by atoms with Gasteiger partial charge in [0.25, 0.3) is 0 Å². The average Bonchev–Trinajstić information content (AvgIpc) is 2.94. The molecule has 2 rings (SSSR count). The van der Waals surface area contributed by atoms with Gasteiger partial charge in [0.15, 0.2) is 0 Å². The van der Waals surface area contributed by atoms with Crippen molar-refractivity contribution in [3.8, 4) is 0 Å². The van der Waals surface area contributed by atoms with Crippen LogP contribution in [0.4, 0.5) is 0 Å². The van der Waals surface area contributed by atoms with Gasteiger partial charge in [-0.1, -0.05) is 6.92 Å². The van der Waals surface area contributed by atoms with Crippen molar-refractivity contribution in [2.45, 2.75) is 71.9 Å². The molecule has 0 aromatic carbocycles. The zero-order valence-electron chi connectivity index (χ0n) is 12.5. The summed E-state index contributed by atoms with van der Waals surface area (Å²) in [4.78, 5) is 9.43. The van der Waals surface area contributed by atoms with Crippen LogP contribution in [-0.4, -0.2) is 15.5 Å². The minimum Gasteiger partial charge on any atom is -0.308 e. The number of hydrogen-bond donors (Lipinski definition) is 1.